The van der Waals surface area contributed by atoms with E-state index < -0.39 is 0 Å². The molecule has 1 saturated heterocycles. The summed E-state index contributed by atoms with van der Waals surface area (Å²) >= 11 is 0. The van der Waals surface area contributed by atoms with Crippen LogP contribution in [-0.4, -0.2) is 50.2 Å². The highest BCUT2D eigenvalue weighted by atomic mass is 15.3. The van der Waals surface area contributed by atoms with Crippen LogP contribution in [0.2, 0.25) is 0 Å². The summed E-state index contributed by atoms with van der Waals surface area (Å²) in [6, 6.07) is 7.29. The molecule has 0 bridgehead atoms. The summed E-state index contributed by atoms with van der Waals surface area (Å²) in [7, 11) is 0. The third-order valence-electron chi connectivity index (χ3n) is 4.72. The first-order valence-electron chi connectivity index (χ1n) is 8.38. The van der Waals surface area contributed by atoms with Crippen LogP contribution in [0.15, 0.2) is 18.2 Å². The Morgan fingerprint density at radius 3 is 2.52 bits per heavy atom. The van der Waals surface area contributed by atoms with Crippen molar-refractivity contribution in [1.82, 2.24) is 10.2 Å². The molecular formula is C18H31N3. The lowest BCUT2D eigenvalue weighted by Gasteiger charge is -2.37. The highest BCUT2D eigenvalue weighted by Crippen LogP contribution is 2.23. The Balaban J connectivity index is 1.82. The highest BCUT2D eigenvalue weighted by molar-refractivity contribution is 5.56. The highest BCUT2D eigenvalue weighted by Gasteiger charge is 2.18. The van der Waals surface area contributed by atoms with Gasteiger partial charge in [-0.25, -0.2) is 0 Å². The molecule has 1 heterocycles. The Bertz CT molecular complexity index is 436. The van der Waals surface area contributed by atoms with Gasteiger partial charge in [0.1, 0.15) is 0 Å². The van der Waals surface area contributed by atoms with Crippen molar-refractivity contribution in [2.75, 3.05) is 44.2 Å². The van der Waals surface area contributed by atoms with Crippen molar-refractivity contribution in [1.29, 1.82) is 0 Å². The second-order valence-corrected chi connectivity index (χ2v) is 6.30. The molecule has 0 saturated carbocycles. The lowest BCUT2D eigenvalue weighted by Crippen LogP contribution is -2.47. The standard InChI is InChI=1S/C18H31N3/c1-5-19-16(3)9-10-20-11-13-21(14-12-20)18-8-6-7-15(2)17(18)4/h6-8,16,19H,5,9-14H2,1-4H3. The van der Waals surface area contributed by atoms with Gasteiger partial charge >= 0.3 is 0 Å². The number of aryl methyl sites for hydroxylation is 1. The Labute approximate surface area is 130 Å². The molecule has 3 nitrogen and oxygen atoms in total. The van der Waals surface area contributed by atoms with Crippen molar-refractivity contribution in [3.8, 4) is 0 Å². The topological polar surface area (TPSA) is 18.5 Å². The molecule has 118 valence electrons. The van der Waals surface area contributed by atoms with Gasteiger partial charge in [0.15, 0.2) is 0 Å². The average molecular weight is 289 g/mol. The Hall–Kier alpha value is -1.06. The minimum absolute atomic E-state index is 0.632. The lowest BCUT2D eigenvalue weighted by molar-refractivity contribution is 0.245. The number of benzene rings is 1. The normalized spacial score (nSPS) is 18.0. The van der Waals surface area contributed by atoms with Gasteiger partial charge in [-0.1, -0.05) is 19.1 Å². The van der Waals surface area contributed by atoms with Gasteiger partial charge in [-0.05, 0) is 57.5 Å². The predicted octanol–water partition coefficient (Wildman–Crippen LogP) is 2.81. The van der Waals surface area contributed by atoms with Crippen LogP contribution in [0, 0.1) is 13.8 Å². The second kappa shape index (κ2) is 7.81. The summed E-state index contributed by atoms with van der Waals surface area (Å²) in [4.78, 5) is 5.15. The Morgan fingerprint density at radius 2 is 1.86 bits per heavy atom. The molecule has 0 amide bonds. The summed E-state index contributed by atoms with van der Waals surface area (Å²) in [6.45, 7) is 15.9. The van der Waals surface area contributed by atoms with Gasteiger partial charge in [0.25, 0.3) is 0 Å². The first kappa shape index (κ1) is 16.3. The van der Waals surface area contributed by atoms with Crippen molar-refractivity contribution in [2.45, 2.75) is 40.2 Å². The maximum Gasteiger partial charge on any atom is 0.0399 e. The fourth-order valence-electron chi connectivity index (χ4n) is 3.12. The van der Waals surface area contributed by atoms with E-state index >= 15 is 0 Å². The minimum Gasteiger partial charge on any atom is -0.369 e. The van der Waals surface area contributed by atoms with E-state index in [1.807, 2.05) is 0 Å². The van der Waals surface area contributed by atoms with Gasteiger partial charge in [-0.2, -0.15) is 0 Å². The fourth-order valence-corrected chi connectivity index (χ4v) is 3.12. The third-order valence-corrected chi connectivity index (χ3v) is 4.72. The average Bonchev–Trinajstić information content (AvgIpc) is 2.49. The predicted molar refractivity (Wildman–Crippen MR) is 92.3 cm³/mol. The molecule has 2 rings (SSSR count). The van der Waals surface area contributed by atoms with E-state index in [2.05, 4.69) is 61.0 Å². The molecule has 1 aromatic rings. The summed E-state index contributed by atoms with van der Waals surface area (Å²) in [5.41, 5.74) is 4.26. The molecule has 1 aliphatic rings. The van der Waals surface area contributed by atoms with Crippen LogP contribution in [0.1, 0.15) is 31.4 Å². The van der Waals surface area contributed by atoms with Crippen LogP contribution in [0.25, 0.3) is 0 Å². The van der Waals surface area contributed by atoms with Gasteiger partial charge in [0.2, 0.25) is 0 Å². The van der Waals surface area contributed by atoms with E-state index in [-0.39, 0.29) is 0 Å². The number of rotatable bonds is 6. The molecular weight excluding hydrogens is 258 g/mol. The number of anilines is 1. The zero-order chi connectivity index (χ0) is 15.2. The molecule has 3 heteroatoms. The molecule has 0 spiro atoms. The molecule has 0 aliphatic carbocycles. The molecule has 1 aromatic carbocycles. The SMILES string of the molecule is CCNC(C)CCN1CCN(c2cccc(C)c2C)CC1. The number of nitrogens with one attached hydrogen (secondary N) is 1. The molecule has 1 N–H and O–H groups in total. The van der Waals surface area contributed by atoms with Crippen LogP contribution >= 0.6 is 0 Å². The Morgan fingerprint density at radius 1 is 1.14 bits per heavy atom. The molecule has 1 atom stereocenters. The van der Waals surface area contributed by atoms with E-state index in [4.69, 9.17) is 0 Å². The molecule has 1 aliphatic heterocycles. The molecule has 0 aromatic heterocycles. The summed E-state index contributed by atoms with van der Waals surface area (Å²) < 4.78 is 0. The van der Waals surface area contributed by atoms with Gasteiger partial charge in [-0.15, -0.1) is 0 Å². The van der Waals surface area contributed by atoms with Crippen LogP contribution in [0.5, 0.6) is 0 Å². The monoisotopic (exact) mass is 289 g/mol. The minimum atomic E-state index is 0.632. The largest absolute Gasteiger partial charge is 0.369 e. The zero-order valence-corrected chi connectivity index (χ0v) is 14.2. The van der Waals surface area contributed by atoms with Crippen LogP contribution in [0.4, 0.5) is 5.69 Å². The summed E-state index contributed by atoms with van der Waals surface area (Å²) in [5.74, 6) is 0. The van der Waals surface area contributed by atoms with Crippen molar-refractivity contribution in [3.63, 3.8) is 0 Å². The van der Waals surface area contributed by atoms with E-state index in [9.17, 15) is 0 Å². The van der Waals surface area contributed by atoms with Crippen LogP contribution in [-0.2, 0) is 0 Å². The van der Waals surface area contributed by atoms with Gasteiger partial charge < -0.3 is 10.2 Å². The van der Waals surface area contributed by atoms with Crippen molar-refractivity contribution in [3.05, 3.63) is 29.3 Å². The van der Waals surface area contributed by atoms with Crippen molar-refractivity contribution in [2.24, 2.45) is 0 Å². The van der Waals surface area contributed by atoms with E-state index in [1.54, 1.807) is 0 Å². The number of piperazine rings is 1. The van der Waals surface area contributed by atoms with Gasteiger partial charge in [0.05, 0.1) is 0 Å². The number of hydrogen-bond donors (Lipinski definition) is 1. The Kier molecular flexibility index (Phi) is 6.07. The van der Waals surface area contributed by atoms with Crippen LogP contribution < -0.4 is 10.2 Å². The summed E-state index contributed by atoms with van der Waals surface area (Å²) in [6.07, 6.45) is 1.25. The number of hydrogen-bond acceptors (Lipinski definition) is 3. The van der Waals surface area contributed by atoms with Crippen molar-refractivity contribution < 1.29 is 0 Å². The first-order valence-corrected chi connectivity index (χ1v) is 8.38. The molecule has 1 fully saturated rings. The maximum absolute atomic E-state index is 3.50. The van der Waals surface area contributed by atoms with Gasteiger partial charge in [-0.3, -0.25) is 4.90 Å². The van der Waals surface area contributed by atoms with Crippen molar-refractivity contribution >= 4 is 5.69 Å². The van der Waals surface area contributed by atoms with E-state index in [0.717, 1.165) is 19.6 Å². The zero-order valence-electron chi connectivity index (χ0n) is 14.2. The number of nitrogens with zero attached hydrogens (tertiary/aromatic N) is 2. The smallest absolute Gasteiger partial charge is 0.0399 e. The van der Waals surface area contributed by atoms with Crippen LogP contribution in [0.3, 0.4) is 0 Å². The molecule has 1 unspecified atom stereocenters. The summed E-state index contributed by atoms with van der Waals surface area (Å²) in [5, 5.41) is 3.50. The lowest BCUT2D eigenvalue weighted by atomic mass is 10.1. The third kappa shape index (κ3) is 4.45. The fraction of sp³-hybridized carbons (Fsp3) is 0.667. The molecule has 0 radical (unpaired) electrons. The molecule has 21 heavy (non-hydrogen) atoms. The quantitative estimate of drug-likeness (QED) is 0.869. The second-order valence-electron chi connectivity index (χ2n) is 6.30. The van der Waals surface area contributed by atoms with Gasteiger partial charge in [0, 0.05) is 37.9 Å². The van der Waals surface area contributed by atoms with E-state index in [0.29, 0.717) is 6.04 Å². The first-order chi connectivity index (χ1) is 10.1. The maximum atomic E-state index is 3.50. The van der Waals surface area contributed by atoms with E-state index in [1.165, 1.54) is 42.9 Å².